The van der Waals surface area contributed by atoms with Crippen LogP contribution in [0.1, 0.15) is 30.5 Å². The molecule has 1 aliphatic rings. The molecule has 4 heterocycles. The van der Waals surface area contributed by atoms with Gasteiger partial charge in [-0.2, -0.15) is 5.10 Å². The molecule has 29 heavy (non-hydrogen) atoms. The van der Waals surface area contributed by atoms with Crippen molar-refractivity contribution in [1.29, 1.82) is 0 Å². The third-order valence-corrected chi connectivity index (χ3v) is 5.01. The van der Waals surface area contributed by atoms with E-state index in [1.165, 1.54) is 0 Å². The molecule has 0 unspecified atom stereocenters. The summed E-state index contributed by atoms with van der Waals surface area (Å²) >= 11 is 0. The standard InChI is InChI=1S/C22H23N5O2/c1-16-12-21-26(10-3-11-27(21)25-16)22(29)8-6-19(28)13-17-5-7-20(24-14-17)18-4-2-9-23-15-18/h2,4-5,7,9,12,14-15H,3,6,8,10-11,13H2,1H3. The Morgan fingerprint density at radius 1 is 1.10 bits per heavy atom. The summed E-state index contributed by atoms with van der Waals surface area (Å²) in [6.45, 7) is 3.43. The van der Waals surface area contributed by atoms with E-state index in [1.54, 1.807) is 23.5 Å². The van der Waals surface area contributed by atoms with Crippen LogP contribution < -0.4 is 4.90 Å². The van der Waals surface area contributed by atoms with Gasteiger partial charge in [-0.1, -0.05) is 6.07 Å². The van der Waals surface area contributed by atoms with Crippen LogP contribution >= 0.6 is 0 Å². The SMILES string of the molecule is Cc1cc2n(n1)CCCN2C(=O)CCC(=O)Cc1ccc(-c2cccnc2)nc1. The van der Waals surface area contributed by atoms with Gasteiger partial charge < -0.3 is 0 Å². The van der Waals surface area contributed by atoms with E-state index in [0.717, 1.165) is 41.3 Å². The maximum Gasteiger partial charge on any atom is 0.228 e. The van der Waals surface area contributed by atoms with Crippen LogP contribution in [0.3, 0.4) is 0 Å². The smallest absolute Gasteiger partial charge is 0.228 e. The second kappa shape index (κ2) is 8.34. The van der Waals surface area contributed by atoms with Crippen molar-refractivity contribution in [2.75, 3.05) is 11.4 Å². The highest BCUT2D eigenvalue weighted by Gasteiger charge is 2.24. The van der Waals surface area contributed by atoms with Crippen LogP contribution in [0.15, 0.2) is 48.9 Å². The lowest BCUT2D eigenvalue weighted by atomic mass is 10.1. The Morgan fingerprint density at radius 2 is 2.00 bits per heavy atom. The summed E-state index contributed by atoms with van der Waals surface area (Å²) in [5, 5.41) is 4.41. The number of anilines is 1. The normalized spacial score (nSPS) is 13.2. The largest absolute Gasteiger partial charge is 0.299 e. The van der Waals surface area contributed by atoms with Crippen LogP contribution in [0, 0.1) is 6.92 Å². The van der Waals surface area contributed by atoms with Crippen molar-refractivity contribution in [1.82, 2.24) is 19.7 Å². The van der Waals surface area contributed by atoms with Gasteiger partial charge in [0.15, 0.2) is 0 Å². The molecule has 0 spiro atoms. The Hall–Kier alpha value is -3.35. The van der Waals surface area contributed by atoms with E-state index in [1.807, 2.05) is 41.9 Å². The lowest BCUT2D eigenvalue weighted by Gasteiger charge is -2.27. The second-order valence-corrected chi connectivity index (χ2v) is 7.27. The summed E-state index contributed by atoms with van der Waals surface area (Å²) < 4.78 is 1.87. The summed E-state index contributed by atoms with van der Waals surface area (Å²) in [6, 6.07) is 9.53. The van der Waals surface area contributed by atoms with Gasteiger partial charge in [-0.15, -0.1) is 0 Å². The fourth-order valence-electron chi connectivity index (χ4n) is 3.57. The summed E-state index contributed by atoms with van der Waals surface area (Å²) in [5.41, 5.74) is 3.51. The number of aryl methyl sites for hydroxylation is 2. The maximum absolute atomic E-state index is 12.6. The van der Waals surface area contributed by atoms with E-state index in [0.29, 0.717) is 6.54 Å². The van der Waals surface area contributed by atoms with Crippen molar-refractivity contribution >= 4 is 17.5 Å². The molecule has 0 radical (unpaired) electrons. The molecule has 7 nitrogen and oxygen atoms in total. The minimum atomic E-state index is -0.0238. The molecule has 0 saturated heterocycles. The van der Waals surface area contributed by atoms with Gasteiger partial charge >= 0.3 is 0 Å². The Balaban J connectivity index is 1.32. The molecule has 1 amide bonds. The number of aromatic nitrogens is 4. The number of ketones is 1. The summed E-state index contributed by atoms with van der Waals surface area (Å²) in [4.78, 5) is 35.3. The fourth-order valence-corrected chi connectivity index (χ4v) is 3.57. The lowest BCUT2D eigenvalue weighted by molar-refractivity contribution is -0.123. The van der Waals surface area contributed by atoms with Gasteiger partial charge in [0.1, 0.15) is 11.6 Å². The highest BCUT2D eigenvalue weighted by atomic mass is 16.2. The predicted octanol–water partition coefficient (Wildman–Crippen LogP) is 2.98. The lowest BCUT2D eigenvalue weighted by Crippen LogP contribution is -2.37. The minimum absolute atomic E-state index is 0.0238. The van der Waals surface area contributed by atoms with E-state index < -0.39 is 0 Å². The van der Waals surface area contributed by atoms with E-state index in [-0.39, 0.29) is 31.0 Å². The van der Waals surface area contributed by atoms with Crippen LogP contribution in [0.25, 0.3) is 11.3 Å². The summed E-state index contributed by atoms with van der Waals surface area (Å²) in [7, 11) is 0. The van der Waals surface area contributed by atoms with Crippen molar-refractivity contribution in [3.63, 3.8) is 0 Å². The molecule has 0 atom stereocenters. The Labute approximate surface area is 169 Å². The molecule has 3 aromatic heterocycles. The maximum atomic E-state index is 12.6. The number of hydrogen-bond donors (Lipinski definition) is 0. The molecule has 0 fully saturated rings. The first-order chi connectivity index (χ1) is 14.1. The fraction of sp³-hybridized carbons (Fsp3) is 0.318. The number of carbonyl (C=O) groups excluding carboxylic acids is 2. The topological polar surface area (TPSA) is 81.0 Å². The monoisotopic (exact) mass is 389 g/mol. The van der Waals surface area contributed by atoms with Gasteiger partial charge in [0.2, 0.25) is 5.91 Å². The molecule has 7 heteroatoms. The van der Waals surface area contributed by atoms with Crippen molar-refractivity contribution in [2.45, 2.75) is 39.2 Å². The van der Waals surface area contributed by atoms with Crippen molar-refractivity contribution in [3.8, 4) is 11.3 Å². The van der Waals surface area contributed by atoms with Crippen LogP contribution in [0.5, 0.6) is 0 Å². The van der Waals surface area contributed by atoms with Crippen LogP contribution in [-0.4, -0.2) is 38.0 Å². The Kier molecular flexibility index (Phi) is 5.46. The van der Waals surface area contributed by atoms with Gasteiger partial charge in [-0.05, 0) is 37.1 Å². The molecule has 0 aromatic carbocycles. The van der Waals surface area contributed by atoms with Crippen molar-refractivity contribution in [2.24, 2.45) is 0 Å². The molecule has 0 N–H and O–H groups in total. The molecule has 4 rings (SSSR count). The first-order valence-electron chi connectivity index (χ1n) is 9.82. The molecule has 148 valence electrons. The van der Waals surface area contributed by atoms with Gasteiger partial charge in [-0.25, -0.2) is 4.68 Å². The molecule has 1 aliphatic heterocycles. The number of hydrogen-bond acceptors (Lipinski definition) is 5. The third kappa shape index (κ3) is 4.39. The molecule has 3 aromatic rings. The minimum Gasteiger partial charge on any atom is -0.299 e. The van der Waals surface area contributed by atoms with E-state index in [2.05, 4.69) is 15.1 Å². The predicted molar refractivity (Wildman–Crippen MR) is 109 cm³/mol. The van der Waals surface area contributed by atoms with E-state index >= 15 is 0 Å². The molecular weight excluding hydrogens is 366 g/mol. The highest BCUT2D eigenvalue weighted by molar-refractivity contribution is 5.95. The zero-order valence-electron chi connectivity index (χ0n) is 16.4. The molecular formula is C22H23N5O2. The first-order valence-corrected chi connectivity index (χ1v) is 9.82. The number of Topliss-reactive ketones (excluding diaryl/α,β-unsaturated/α-hetero) is 1. The quantitative estimate of drug-likeness (QED) is 0.647. The van der Waals surface area contributed by atoms with Crippen LogP contribution in [0.4, 0.5) is 5.82 Å². The number of nitrogens with zero attached hydrogens (tertiary/aromatic N) is 5. The zero-order chi connectivity index (χ0) is 20.2. The number of amides is 1. The zero-order valence-corrected chi connectivity index (χ0v) is 16.4. The number of fused-ring (bicyclic) bond motifs is 1. The highest BCUT2D eigenvalue weighted by Crippen LogP contribution is 2.23. The summed E-state index contributed by atoms with van der Waals surface area (Å²) in [6.07, 6.45) is 6.79. The molecule has 0 bridgehead atoms. The van der Waals surface area contributed by atoms with Crippen molar-refractivity contribution in [3.05, 3.63) is 60.2 Å². The number of pyridine rings is 2. The van der Waals surface area contributed by atoms with E-state index in [9.17, 15) is 9.59 Å². The van der Waals surface area contributed by atoms with Gasteiger partial charge in [-0.3, -0.25) is 24.5 Å². The summed E-state index contributed by atoms with van der Waals surface area (Å²) in [5.74, 6) is 0.849. The first kappa shape index (κ1) is 19.0. The van der Waals surface area contributed by atoms with Gasteiger partial charge in [0.05, 0.1) is 11.4 Å². The number of carbonyl (C=O) groups is 2. The van der Waals surface area contributed by atoms with Crippen LogP contribution in [-0.2, 0) is 22.6 Å². The average molecular weight is 389 g/mol. The van der Waals surface area contributed by atoms with Crippen molar-refractivity contribution < 1.29 is 9.59 Å². The molecule has 0 saturated carbocycles. The average Bonchev–Trinajstić information content (AvgIpc) is 3.13. The van der Waals surface area contributed by atoms with E-state index in [4.69, 9.17) is 0 Å². The van der Waals surface area contributed by atoms with Gasteiger partial charge in [0.25, 0.3) is 0 Å². The third-order valence-electron chi connectivity index (χ3n) is 5.01. The number of rotatable bonds is 6. The van der Waals surface area contributed by atoms with Gasteiger partial charge in [0, 0.05) is 62.6 Å². The molecule has 0 aliphatic carbocycles. The Bertz CT molecular complexity index is 1010. The van der Waals surface area contributed by atoms with Crippen LogP contribution in [0.2, 0.25) is 0 Å². The Morgan fingerprint density at radius 3 is 2.76 bits per heavy atom. The second-order valence-electron chi connectivity index (χ2n) is 7.27.